The van der Waals surface area contributed by atoms with Gasteiger partial charge in [-0.15, -0.1) is 0 Å². The molecule has 7 heteroatoms. The summed E-state index contributed by atoms with van der Waals surface area (Å²) in [4.78, 5) is 23.1. The molecule has 1 aromatic carbocycles. The molecule has 0 heterocycles. The van der Waals surface area contributed by atoms with Crippen molar-refractivity contribution in [2.24, 2.45) is 5.73 Å². The summed E-state index contributed by atoms with van der Waals surface area (Å²) >= 11 is 3.30. The van der Waals surface area contributed by atoms with Crippen LogP contribution >= 0.6 is 15.9 Å². The van der Waals surface area contributed by atoms with Gasteiger partial charge in [0, 0.05) is 11.6 Å². The fraction of sp³-hybridized carbons (Fsp3) is 0.385. The van der Waals surface area contributed by atoms with Gasteiger partial charge in [-0.25, -0.2) is 0 Å². The Kier molecular flexibility index (Phi) is 5.97. The second-order valence-electron chi connectivity index (χ2n) is 4.42. The number of halogens is 1. The summed E-state index contributed by atoms with van der Waals surface area (Å²) in [6.07, 6.45) is 0. The van der Waals surface area contributed by atoms with Crippen LogP contribution in [0.2, 0.25) is 0 Å². The van der Waals surface area contributed by atoms with E-state index in [1.165, 1.54) is 14.0 Å². The second-order valence-corrected chi connectivity index (χ2v) is 5.34. The zero-order chi connectivity index (χ0) is 15.2. The molecule has 0 saturated heterocycles. The number of hydrogen-bond donors (Lipinski definition) is 2. The summed E-state index contributed by atoms with van der Waals surface area (Å²) in [5.41, 5.74) is 3.99. The number of carbonyl (C=O) groups is 2. The van der Waals surface area contributed by atoms with E-state index in [2.05, 4.69) is 21.2 Å². The first kappa shape index (κ1) is 16.5. The summed E-state index contributed by atoms with van der Waals surface area (Å²) in [6.45, 7) is 1.27. The molecule has 0 fully saturated rings. The van der Waals surface area contributed by atoms with Crippen molar-refractivity contribution in [3.8, 4) is 5.75 Å². The molecule has 20 heavy (non-hydrogen) atoms. The average molecular weight is 345 g/mol. The van der Waals surface area contributed by atoms with Gasteiger partial charge in [-0.3, -0.25) is 9.59 Å². The van der Waals surface area contributed by atoms with E-state index in [1.54, 1.807) is 24.3 Å². The van der Waals surface area contributed by atoms with E-state index in [4.69, 9.17) is 15.2 Å². The van der Waals surface area contributed by atoms with E-state index in [0.717, 1.165) is 4.47 Å². The van der Waals surface area contributed by atoms with Crippen LogP contribution in [-0.2, 0) is 14.3 Å². The summed E-state index contributed by atoms with van der Waals surface area (Å²) in [6, 6.07) is 7.04. The first-order valence-corrected chi connectivity index (χ1v) is 6.65. The monoisotopic (exact) mass is 344 g/mol. The fourth-order valence-corrected chi connectivity index (χ4v) is 1.75. The number of primary amides is 1. The molecule has 0 aliphatic carbocycles. The van der Waals surface area contributed by atoms with Gasteiger partial charge in [0.15, 0.2) is 6.61 Å². The van der Waals surface area contributed by atoms with Gasteiger partial charge in [0.2, 0.25) is 5.91 Å². The van der Waals surface area contributed by atoms with E-state index < -0.39 is 17.4 Å². The number of nitrogens with one attached hydrogen (secondary N) is 1. The topological polar surface area (TPSA) is 90.7 Å². The Labute approximate surface area is 125 Å². The normalized spacial score (nSPS) is 13.3. The van der Waals surface area contributed by atoms with Crippen LogP contribution < -0.4 is 15.8 Å². The van der Waals surface area contributed by atoms with Gasteiger partial charge in [0.1, 0.15) is 11.3 Å². The number of ether oxygens (including phenoxy) is 2. The Morgan fingerprint density at radius 1 is 1.35 bits per heavy atom. The molecule has 0 aliphatic rings. The summed E-state index contributed by atoms with van der Waals surface area (Å²) in [5, 5.41) is 2.50. The lowest BCUT2D eigenvalue weighted by Crippen LogP contribution is -2.59. The zero-order valence-corrected chi connectivity index (χ0v) is 12.9. The Hall–Kier alpha value is -1.60. The Balaban J connectivity index is 2.54. The smallest absolute Gasteiger partial charge is 0.258 e. The van der Waals surface area contributed by atoms with Gasteiger partial charge in [-0.2, -0.15) is 0 Å². The van der Waals surface area contributed by atoms with Gasteiger partial charge in [-0.05, 0) is 31.2 Å². The predicted molar refractivity (Wildman–Crippen MR) is 77.3 cm³/mol. The van der Waals surface area contributed by atoms with Gasteiger partial charge in [0.05, 0.1) is 6.61 Å². The molecule has 1 aromatic rings. The van der Waals surface area contributed by atoms with Gasteiger partial charge in [-0.1, -0.05) is 15.9 Å². The lowest BCUT2D eigenvalue weighted by molar-refractivity contribution is -0.134. The van der Waals surface area contributed by atoms with Crippen LogP contribution in [0.1, 0.15) is 6.92 Å². The Morgan fingerprint density at radius 2 is 1.95 bits per heavy atom. The van der Waals surface area contributed by atoms with E-state index in [9.17, 15) is 9.59 Å². The van der Waals surface area contributed by atoms with Crippen molar-refractivity contribution in [3.05, 3.63) is 28.7 Å². The highest BCUT2D eigenvalue weighted by atomic mass is 79.9. The fourth-order valence-electron chi connectivity index (χ4n) is 1.48. The lowest BCUT2D eigenvalue weighted by atomic mass is 10.0. The number of methoxy groups -OCH3 is 1. The quantitative estimate of drug-likeness (QED) is 0.766. The number of hydrogen-bond acceptors (Lipinski definition) is 4. The minimum absolute atomic E-state index is 0.00758. The van der Waals surface area contributed by atoms with Crippen molar-refractivity contribution in [2.75, 3.05) is 20.3 Å². The maximum Gasteiger partial charge on any atom is 0.258 e. The number of carbonyl (C=O) groups excluding carboxylic acids is 2. The summed E-state index contributed by atoms with van der Waals surface area (Å²) in [7, 11) is 1.42. The molecule has 0 saturated carbocycles. The minimum atomic E-state index is -1.26. The van der Waals surface area contributed by atoms with E-state index >= 15 is 0 Å². The van der Waals surface area contributed by atoms with Crippen LogP contribution in [0.3, 0.4) is 0 Å². The molecule has 1 unspecified atom stereocenters. The zero-order valence-electron chi connectivity index (χ0n) is 11.3. The van der Waals surface area contributed by atoms with Crippen molar-refractivity contribution in [2.45, 2.75) is 12.5 Å². The summed E-state index contributed by atoms with van der Waals surface area (Å²) in [5.74, 6) is -0.571. The highest BCUT2D eigenvalue weighted by molar-refractivity contribution is 9.10. The van der Waals surface area contributed by atoms with E-state index in [-0.39, 0.29) is 13.2 Å². The first-order valence-electron chi connectivity index (χ1n) is 5.85. The average Bonchev–Trinajstić information content (AvgIpc) is 2.38. The molecule has 3 N–H and O–H groups in total. The Bertz CT molecular complexity index is 478. The van der Waals surface area contributed by atoms with Gasteiger partial charge in [0.25, 0.3) is 5.91 Å². The Morgan fingerprint density at radius 3 is 2.45 bits per heavy atom. The van der Waals surface area contributed by atoms with Crippen molar-refractivity contribution >= 4 is 27.7 Å². The standard InChI is InChI=1S/C13H17BrN2O4/c1-13(8-19-2,12(15)18)16-11(17)7-20-10-5-3-9(14)4-6-10/h3-6H,7-8H2,1-2H3,(H2,15,18)(H,16,17). The maximum absolute atomic E-state index is 11.8. The third-order valence-electron chi connectivity index (χ3n) is 2.58. The van der Waals surface area contributed by atoms with Crippen LogP contribution in [0.5, 0.6) is 5.75 Å². The molecular weight excluding hydrogens is 328 g/mol. The van der Waals surface area contributed by atoms with Crippen molar-refractivity contribution in [3.63, 3.8) is 0 Å². The van der Waals surface area contributed by atoms with Crippen molar-refractivity contribution in [1.82, 2.24) is 5.32 Å². The molecule has 2 amide bonds. The van der Waals surface area contributed by atoms with Crippen LogP contribution in [0.15, 0.2) is 28.7 Å². The van der Waals surface area contributed by atoms with Crippen LogP contribution in [0.25, 0.3) is 0 Å². The van der Waals surface area contributed by atoms with Crippen molar-refractivity contribution in [1.29, 1.82) is 0 Å². The highest BCUT2D eigenvalue weighted by Gasteiger charge is 2.33. The number of rotatable bonds is 7. The molecule has 0 aromatic heterocycles. The van der Waals surface area contributed by atoms with E-state index in [0.29, 0.717) is 5.75 Å². The lowest BCUT2D eigenvalue weighted by Gasteiger charge is -2.26. The second kappa shape index (κ2) is 7.25. The molecule has 6 nitrogen and oxygen atoms in total. The molecule has 110 valence electrons. The predicted octanol–water partition coefficient (Wildman–Crippen LogP) is 0.834. The number of amides is 2. The third-order valence-corrected chi connectivity index (χ3v) is 3.10. The molecule has 0 bridgehead atoms. The number of nitrogens with two attached hydrogens (primary N) is 1. The van der Waals surface area contributed by atoms with Crippen molar-refractivity contribution < 1.29 is 19.1 Å². The molecular formula is C13H17BrN2O4. The van der Waals surface area contributed by atoms with Gasteiger partial charge < -0.3 is 20.5 Å². The summed E-state index contributed by atoms with van der Waals surface area (Å²) < 4.78 is 11.1. The molecule has 0 aliphatic heterocycles. The largest absolute Gasteiger partial charge is 0.484 e. The third kappa shape index (κ3) is 4.82. The maximum atomic E-state index is 11.8. The molecule has 1 rings (SSSR count). The van der Waals surface area contributed by atoms with E-state index in [1.807, 2.05) is 0 Å². The molecule has 1 atom stereocenters. The van der Waals surface area contributed by atoms with Crippen LogP contribution in [-0.4, -0.2) is 37.7 Å². The highest BCUT2D eigenvalue weighted by Crippen LogP contribution is 2.16. The number of benzene rings is 1. The molecule has 0 spiro atoms. The van der Waals surface area contributed by atoms with Crippen LogP contribution in [0.4, 0.5) is 0 Å². The first-order chi connectivity index (χ1) is 9.37. The van der Waals surface area contributed by atoms with Crippen LogP contribution in [0, 0.1) is 0 Å². The minimum Gasteiger partial charge on any atom is -0.484 e. The SMILES string of the molecule is COCC(C)(NC(=O)COc1ccc(Br)cc1)C(N)=O. The molecule has 0 radical (unpaired) electrons. The van der Waals surface area contributed by atoms with Gasteiger partial charge >= 0.3 is 0 Å².